The van der Waals surface area contributed by atoms with Gasteiger partial charge in [0.25, 0.3) is 5.91 Å². The molecular weight excluding hydrogens is 264 g/mol. The highest BCUT2D eigenvalue weighted by Crippen LogP contribution is 2.39. The van der Waals surface area contributed by atoms with Crippen LogP contribution >= 0.6 is 0 Å². The number of benzene rings is 1. The SMILES string of the molecule is Cn1ncc(C(=O)N2CC(c3ccccc3)CC2(C)C)n1. The highest BCUT2D eigenvalue weighted by atomic mass is 16.2. The minimum atomic E-state index is -0.172. The molecule has 2 aromatic rings. The van der Waals surface area contributed by atoms with Crippen LogP contribution in [0.15, 0.2) is 36.5 Å². The highest BCUT2D eigenvalue weighted by molar-refractivity contribution is 5.92. The Labute approximate surface area is 124 Å². The van der Waals surface area contributed by atoms with Crippen molar-refractivity contribution in [1.82, 2.24) is 19.9 Å². The molecule has 1 aliphatic heterocycles. The van der Waals surface area contributed by atoms with E-state index in [2.05, 4.69) is 48.3 Å². The van der Waals surface area contributed by atoms with Crippen molar-refractivity contribution in [3.63, 3.8) is 0 Å². The molecule has 0 bridgehead atoms. The molecule has 0 spiro atoms. The molecule has 0 N–H and O–H groups in total. The summed E-state index contributed by atoms with van der Waals surface area (Å²) in [5.41, 5.74) is 1.54. The number of likely N-dealkylation sites (tertiary alicyclic amines) is 1. The van der Waals surface area contributed by atoms with E-state index in [1.165, 1.54) is 16.6 Å². The predicted octanol–water partition coefficient (Wildman–Crippen LogP) is 2.22. The largest absolute Gasteiger partial charge is 0.331 e. The second kappa shape index (κ2) is 4.98. The standard InChI is InChI=1S/C16H20N4O/c1-16(2)9-13(12-7-5-4-6-8-12)11-20(16)15(21)14-10-17-19(3)18-14/h4-8,10,13H,9,11H2,1-3H3. The number of hydrogen-bond acceptors (Lipinski definition) is 3. The molecule has 1 unspecified atom stereocenters. The lowest BCUT2D eigenvalue weighted by Gasteiger charge is -2.30. The fraction of sp³-hybridized carbons (Fsp3) is 0.438. The number of amides is 1. The van der Waals surface area contributed by atoms with Gasteiger partial charge in [-0.15, -0.1) is 5.10 Å². The van der Waals surface area contributed by atoms with Crippen LogP contribution in [0.4, 0.5) is 0 Å². The summed E-state index contributed by atoms with van der Waals surface area (Å²) < 4.78 is 0. The third-order valence-electron chi connectivity index (χ3n) is 4.21. The normalized spacial score (nSPS) is 20.7. The Bertz CT molecular complexity index is 647. The van der Waals surface area contributed by atoms with E-state index >= 15 is 0 Å². The van der Waals surface area contributed by atoms with E-state index in [1.807, 2.05) is 11.0 Å². The first-order chi connectivity index (χ1) is 9.97. The minimum absolute atomic E-state index is 0.0356. The Kier molecular flexibility index (Phi) is 3.27. The van der Waals surface area contributed by atoms with Gasteiger partial charge in [-0.25, -0.2) is 0 Å². The zero-order valence-electron chi connectivity index (χ0n) is 12.7. The summed E-state index contributed by atoms with van der Waals surface area (Å²) in [5, 5.41) is 8.12. The fourth-order valence-corrected chi connectivity index (χ4v) is 3.13. The van der Waals surface area contributed by atoms with E-state index in [1.54, 1.807) is 7.05 Å². The number of aryl methyl sites for hydroxylation is 1. The van der Waals surface area contributed by atoms with Gasteiger partial charge in [0.15, 0.2) is 5.69 Å². The van der Waals surface area contributed by atoms with Crippen molar-refractivity contribution >= 4 is 5.91 Å². The number of nitrogens with zero attached hydrogens (tertiary/aromatic N) is 4. The molecule has 0 radical (unpaired) electrons. The lowest BCUT2D eigenvalue weighted by Crippen LogP contribution is -2.42. The van der Waals surface area contributed by atoms with E-state index < -0.39 is 0 Å². The first-order valence-electron chi connectivity index (χ1n) is 7.20. The zero-order valence-corrected chi connectivity index (χ0v) is 12.7. The van der Waals surface area contributed by atoms with Crippen molar-refractivity contribution in [2.45, 2.75) is 31.7 Å². The van der Waals surface area contributed by atoms with E-state index in [0.29, 0.717) is 11.6 Å². The van der Waals surface area contributed by atoms with Crippen molar-refractivity contribution in [3.8, 4) is 0 Å². The Morgan fingerprint density at radius 3 is 2.62 bits per heavy atom. The van der Waals surface area contributed by atoms with Gasteiger partial charge in [0, 0.05) is 25.0 Å². The average molecular weight is 284 g/mol. The van der Waals surface area contributed by atoms with Crippen LogP contribution in [-0.4, -0.2) is 37.9 Å². The van der Waals surface area contributed by atoms with Crippen LogP contribution in [0.5, 0.6) is 0 Å². The van der Waals surface area contributed by atoms with E-state index in [9.17, 15) is 4.79 Å². The molecule has 1 aromatic heterocycles. The van der Waals surface area contributed by atoms with Crippen molar-refractivity contribution in [3.05, 3.63) is 47.8 Å². The maximum absolute atomic E-state index is 12.7. The molecule has 0 saturated carbocycles. The molecule has 5 heteroatoms. The molecule has 5 nitrogen and oxygen atoms in total. The van der Waals surface area contributed by atoms with Crippen LogP contribution in [0.1, 0.15) is 42.2 Å². The maximum atomic E-state index is 12.7. The third kappa shape index (κ3) is 2.55. The van der Waals surface area contributed by atoms with E-state index in [0.717, 1.165) is 13.0 Å². The number of hydrogen-bond donors (Lipinski definition) is 0. The third-order valence-corrected chi connectivity index (χ3v) is 4.21. The second-order valence-electron chi connectivity index (χ2n) is 6.26. The van der Waals surface area contributed by atoms with Crippen LogP contribution in [0.2, 0.25) is 0 Å². The van der Waals surface area contributed by atoms with Crippen LogP contribution in [-0.2, 0) is 7.05 Å². The van der Waals surface area contributed by atoms with Crippen LogP contribution in [0.3, 0.4) is 0 Å². The first-order valence-corrected chi connectivity index (χ1v) is 7.20. The molecule has 1 atom stereocenters. The molecular formula is C16H20N4O. The van der Waals surface area contributed by atoms with Gasteiger partial charge in [-0.2, -0.15) is 9.90 Å². The Balaban J connectivity index is 1.84. The summed E-state index contributed by atoms with van der Waals surface area (Å²) in [6.07, 6.45) is 2.50. The summed E-state index contributed by atoms with van der Waals surface area (Å²) in [6, 6.07) is 10.4. The van der Waals surface area contributed by atoms with Gasteiger partial charge in [-0.05, 0) is 25.8 Å². The zero-order chi connectivity index (χ0) is 15.0. The molecule has 110 valence electrons. The van der Waals surface area contributed by atoms with Crippen LogP contribution < -0.4 is 0 Å². The van der Waals surface area contributed by atoms with E-state index in [-0.39, 0.29) is 11.4 Å². The van der Waals surface area contributed by atoms with Gasteiger partial charge in [-0.3, -0.25) is 4.79 Å². The van der Waals surface area contributed by atoms with Gasteiger partial charge in [0.05, 0.1) is 6.20 Å². The van der Waals surface area contributed by atoms with Crippen molar-refractivity contribution in [2.75, 3.05) is 6.54 Å². The highest BCUT2D eigenvalue weighted by Gasteiger charge is 2.42. The Morgan fingerprint density at radius 2 is 2.00 bits per heavy atom. The molecule has 0 aliphatic carbocycles. The van der Waals surface area contributed by atoms with Crippen molar-refractivity contribution < 1.29 is 4.79 Å². The molecule has 1 aromatic carbocycles. The molecule has 21 heavy (non-hydrogen) atoms. The van der Waals surface area contributed by atoms with Crippen LogP contribution in [0.25, 0.3) is 0 Å². The van der Waals surface area contributed by atoms with Gasteiger partial charge in [-0.1, -0.05) is 30.3 Å². The summed E-state index contributed by atoms with van der Waals surface area (Å²) in [6.45, 7) is 4.96. The second-order valence-corrected chi connectivity index (χ2v) is 6.26. The summed E-state index contributed by atoms with van der Waals surface area (Å²) in [4.78, 5) is 16.0. The summed E-state index contributed by atoms with van der Waals surface area (Å²) in [5.74, 6) is 0.341. The monoisotopic (exact) mass is 284 g/mol. The molecule has 1 fully saturated rings. The van der Waals surface area contributed by atoms with Crippen molar-refractivity contribution in [2.24, 2.45) is 7.05 Å². The molecule has 3 rings (SSSR count). The van der Waals surface area contributed by atoms with E-state index in [4.69, 9.17) is 0 Å². The number of carbonyl (C=O) groups excluding carboxylic acids is 1. The van der Waals surface area contributed by atoms with Gasteiger partial charge >= 0.3 is 0 Å². The average Bonchev–Trinajstić information content (AvgIpc) is 3.02. The number of aromatic nitrogens is 3. The lowest BCUT2D eigenvalue weighted by atomic mass is 9.91. The molecule has 1 aliphatic rings. The Morgan fingerprint density at radius 1 is 1.29 bits per heavy atom. The molecule has 1 saturated heterocycles. The van der Waals surface area contributed by atoms with Crippen molar-refractivity contribution in [1.29, 1.82) is 0 Å². The maximum Gasteiger partial charge on any atom is 0.276 e. The smallest absolute Gasteiger partial charge is 0.276 e. The minimum Gasteiger partial charge on any atom is -0.331 e. The van der Waals surface area contributed by atoms with Gasteiger partial charge in [0.1, 0.15) is 0 Å². The molecule has 2 heterocycles. The first kappa shape index (κ1) is 13.8. The van der Waals surface area contributed by atoms with Crippen LogP contribution in [0, 0.1) is 0 Å². The summed E-state index contributed by atoms with van der Waals surface area (Å²) >= 11 is 0. The molecule has 1 amide bonds. The quantitative estimate of drug-likeness (QED) is 0.849. The summed E-state index contributed by atoms with van der Waals surface area (Å²) in [7, 11) is 1.72. The van der Waals surface area contributed by atoms with Gasteiger partial charge in [0.2, 0.25) is 0 Å². The lowest BCUT2D eigenvalue weighted by molar-refractivity contribution is 0.0644. The Hall–Kier alpha value is -2.17. The topological polar surface area (TPSA) is 51.0 Å². The number of carbonyl (C=O) groups is 1. The number of rotatable bonds is 2. The fourth-order valence-electron chi connectivity index (χ4n) is 3.13. The predicted molar refractivity (Wildman–Crippen MR) is 79.9 cm³/mol. The van der Waals surface area contributed by atoms with Gasteiger partial charge < -0.3 is 4.90 Å².